The van der Waals surface area contributed by atoms with E-state index < -0.39 is 0 Å². The molecule has 0 atom stereocenters. The van der Waals surface area contributed by atoms with Gasteiger partial charge >= 0.3 is 0 Å². The number of hydrogen-bond donors (Lipinski definition) is 1. The number of carbonyl (C=O) groups is 2. The van der Waals surface area contributed by atoms with Gasteiger partial charge in [-0.1, -0.05) is 18.2 Å². The molecule has 0 radical (unpaired) electrons. The maximum Gasteiger partial charge on any atom is 0.254 e. The Kier molecular flexibility index (Phi) is 6.37. The number of thioether (sulfide) groups is 1. The van der Waals surface area contributed by atoms with Gasteiger partial charge < -0.3 is 15.4 Å². The van der Waals surface area contributed by atoms with Crippen LogP contribution in [0, 0.1) is 12.1 Å². The Bertz CT molecular complexity index is 1410. The average molecular weight is 490 g/mol. The normalized spacial score (nSPS) is 13.0. The quantitative estimate of drug-likeness (QED) is 0.327. The first kappa shape index (κ1) is 22.9. The Hall–Kier alpha value is -3.92. The van der Waals surface area contributed by atoms with Crippen molar-refractivity contribution in [1.82, 2.24) is 20.4 Å². The summed E-state index contributed by atoms with van der Waals surface area (Å²) in [5, 5.41) is 18.2. The fourth-order valence-corrected chi connectivity index (χ4v) is 4.97. The third-order valence-electron chi connectivity index (χ3n) is 6.09. The van der Waals surface area contributed by atoms with Gasteiger partial charge in [0.1, 0.15) is 0 Å². The van der Waals surface area contributed by atoms with Crippen molar-refractivity contribution >= 4 is 34.6 Å². The van der Waals surface area contributed by atoms with Crippen molar-refractivity contribution in [3.05, 3.63) is 87.9 Å². The molecular formula is C25H23N5O4S. The Morgan fingerprint density at radius 3 is 2.89 bits per heavy atom. The lowest BCUT2D eigenvalue weighted by atomic mass is 9.94. The van der Waals surface area contributed by atoms with E-state index in [1.54, 1.807) is 17.0 Å². The zero-order chi connectivity index (χ0) is 24.4. The Balaban J connectivity index is 1.25. The van der Waals surface area contributed by atoms with E-state index in [1.165, 1.54) is 17.8 Å². The highest BCUT2D eigenvalue weighted by Crippen LogP contribution is 2.25. The SMILES string of the molecule is Cc1ncc2c(c1CNC(=O)CSc1ccccc1)CCN(C(=O)c1ccc3c(c1)no[n+]3[O-])C2. The number of nitrogens with zero attached hydrogens (tertiary/aromatic N) is 4. The van der Waals surface area contributed by atoms with Crippen molar-refractivity contribution in [2.45, 2.75) is 31.3 Å². The molecule has 2 aromatic carbocycles. The number of nitrogens with one attached hydrogen (secondary N) is 1. The van der Waals surface area contributed by atoms with Crippen LogP contribution in [0.5, 0.6) is 0 Å². The number of pyridine rings is 1. The first-order chi connectivity index (χ1) is 17.0. The van der Waals surface area contributed by atoms with Crippen LogP contribution in [0.3, 0.4) is 0 Å². The van der Waals surface area contributed by atoms with Crippen molar-refractivity contribution in [2.24, 2.45) is 0 Å². The van der Waals surface area contributed by atoms with Gasteiger partial charge in [0.05, 0.1) is 5.75 Å². The molecule has 0 bridgehead atoms. The summed E-state index contributed by atoms with van der Waals surface area (Å²) in [6.45, 7) is 3.30. The first-order valence-corrected chi connectivity index (χ1v) is 12.2. The minimum Gasteiger partial charge on any atom is -0.359 e. The minimum absolute atomic E-state index is 0.0360. The molecule has 4 aromatic rings. The van der Waals surface area contributed by atoms with Gasteiger partial charge in [-0.3, -0.25) is 19.2 Å². The summed E-state index contributed by atoms with van der Waals surface area (Å²) in [4.78, 5) is 33.2. The van der Waals surface area contributed by atoms with Crippen LogP contribution in [0.15, 0.2) is 64.3 Å². The fourth-order valence-electron chi connectivity index (χ4n) is 4.23. The highest BCUT2D eigenvalue weighted by atomic mass is 32.2. The van der Waals surface area contributed by atoms with Gasteiger partial charge in [0.2, 0.25) is 16.9 Å². The summed E-state index contributed by atoms with van der Waals surface area (Å²) in [5.41, 5.74) is 5.05. The maximum absolute atomic E-state index is 13.1. The average Bonchev–Trinajstić information content (AvgIpc) is 3.26. The van der Waals surface area contributed by atoms with E-state index in [0.717, 1.165) is 27.3 Å². The van der Waals surface area contributed by atoms with Crippen LogP contribution in [0.4, 0.5) is 0 Å². The van der Waals surface area contributed by atoms with Crippen LogP contribution < -0.4 is 10.2 Å². The predicted molar refractivity (Wildman–Crippen MR) is 129 cm³/mol. The van der Waals surface area contributed by atoms with Crippen molar-refractivity contribution in [3.8, 4) is 0 Å². The summed E-state index contributed by atoms with van der Waals surface area (Å²) >= 11 is 1.50. The summed E-state index contributed by atoms with van der Waals surface area (Å²) in [6.07, 6.45) is 2.48. The molecule has 1 aliphatic heterocycles. The summed E-state index contributed by atoms with van der Waals surface area (Å²) < 4.78 is 4.59. The van der Waals surface area contributed by atoms with Gasteiger partial charge in [-0.05, 0) is 59.2 Å². The molecule has 35 heavy (non-hydrogen) atoms. The highest BCUT2D eigenvalue weighted by Gasteiger charge is 2.26. The molecule has 10 heteroatoms. The third kappa shape index (κ3) is 4.83. The summed E-state index contributed by atoms with van der Waals surface area (Å²) in [7, 11) is 0. The Labute approximate surface area is 205 Å². The largest absolute Gasteiger partial charge is 0.359 e. The topological polar surface area (TPSA) is 115 Å². The molecule has 2 aromatic heterocycles. The van der Waals surface area contributed by atoms with Gasteiger partial charge in [0.25, 0.3) is 5.91 Å². The zero-order valence-electron chi connectivity index (χ0n) is 19.1. The van der Waals surface area contributed by atoms with Crippen molar-refractivity contribution in [2.75, 3.05) is 12.3 Å². The van der Waals surface area contributed by atoms with Crippen LogP contribution in [-0.2, 0) is 24.3 Å². The molecule has 3 heterocycles. The van der Waals surface area contributed by atoms with E-state index in [4.69, 9.17) is 0 Å². The molecule has 0 aliphatic carbocycles. The van der Waals surface area contributed by atoms with Gasteiger partial charge in [-0.2, -0.15) is 0 Å². The monoisotopic (exact) mass is 489 g/mol. The number of fused-ring (bicyclic) bond motifs is 2. The molecule has 178 valence electrons. The number of hydrogen-bond acceptors (Lipinski definition) is 7. The Morgan fingerprint density at radius 2 is 2.06 bits per heavy atom. The van der Waals surface area contributed by atoms with Crippen LogP contribution in [0.25, 0.3) is 11.0 Å². The molecule has 0 saturated heterocycles. The second-order valence-electron chi connectivity index (χ2n) is 8.31. The molecule has 0 spiro atoms. The van der Waals surface area contributed by atoms with Crippen molar-refractivity contribution in [3.63, 3.8) is 0 Å². The Morgan fingerprint density at radius 1 is 1.23 bits per heavy atom. The number of benzene rings is 2. The molecule has 1 aliphatic rings. The van der Waals surface area contributed by atoms with Crippen LogP contribution in [0.1, 0.15) is 32.7 Å². The van der Waals surface area contributed by atoms with Crippen LogP contribution in [-0.4, -0.2) is 39.2 Å². The second kappa shape index (κ2) is 9.75. The molecule has 2 amide bonds. The number of amides is 2. The molecular weight excluding hydrogens is 466 g/mol. The summed E-state index contributed by atoms with van der Waals surface area (Å²) in [6, 6.07) is 14.5. The van der Waals surface area contributed by atoms with E-state index in [9.17, 15) is 14.8 Å². The molecule has 0 fully saturated rings. The maximum atomic E-state index is 13.1. The molecule has 5 rings (SSSR count). The smallest absolute Gasteiger partial charge is 0.254 e. The summed E-state index contributed by atoms with van der Waals surface area (Å²) in [5.74, 6) is 0.160. The van der Waals surface area contributed by atoms with E-state index in [-0.39, 0.29) is 17.3 Å². The van der Waals surface area contributed by atoms with Gasteiger partial charge in [-0.15, -0.1) is 11.8 Å². The predicted octanol–water partition coefficient (Wildman–Crippen LogP) is 2.77. The zero-order valence-corrected chi connectivity index (χ0v) is 19.9. The lowest BCUT2D eigenvalue weighted by Crippen LogP contribution is -2.37. The number of carbonyl (C=O) groups excluding carboxylic acids is 2. The molecule has 0 unspecified atom stereocenters. The third-order valence-corrected chi connectivity index (χ3v) is 7.10. The van der Waals surface area contributed by atoms with Gasteiger partial charge in [-0.25, -0.2) is 0 Å². The molecule has 1 N–H and O–H groups in total. The van der Waals surface area contributed by atoms with Crippen molar-refractivity contribution in [1.29, 1.82) is 0 Å². The van der Waals surface area contributed by atoms with Crippen LogP contribution in [0.2, 0.25) is 0 Å². The number of aromatic nitrogens is 3. The lowest BCUT2D eigenvalue weighted by molar-refractivity contribution is -0.782. The lowest BCUT2D eigenvalue weighted by Gasteiger charge is -2.30. The second-order valence-corrected chi connectivity index (χ2v) is 9.36. The van der Waals surface area contributed by atoms with Gasteiger partial charge in [0.15, 0.2) is 0 Å². The molecule has 0 saturated carbocycles. The van der Waals surface area contributed by atoms with Gasteiger partial charge in [0, 0.05) is 53.2 Å². The highest BCUT2D eigenvalue weighted by molar-refractivity contribution is 8.00. The van der Waals surface area contributed by atoms with Crippen LogP contribution >= 0.6 is 11.8 Å². The molecule has 9 nitrogen and oxygen atoms in total. The van der Waals surface area contributed by atoms with E-state index in [1.807, 2.05) is 43.5 Å². The number of aryl methyl sites for hydroxylation is 1. The fraction of sp³-hybridized carbons (Fsp3) is 0.240. The standard InChI is InChI=1S/C25H23N5O4S/c1-16-21(13-27-24(31)15-35-19-5-3-2-4-6-19)20-9-10-29(14-18(20)12-26-16)25(32)17-7-8-23-22(11-17)28-34-30(23)33/h2-8,11-12H,9-10,13-15H2,1H3,(H,27,31). The van der Waals surface area contributed by atoms with Crippen molar-refractivity contribution < 1.29 is 19.1 Å². The minimum atomic E-state index is -0.147. The van der Waals surface area contributed by atoms with E-state index in [0.29, 0.717) is 47.8 Å². The van der Waals surface area contributed by atoms with E-state index >= 15 is 0 Å². The first-order valence-electron chi connectivity index (χ1n) is 11.2. The number of rotatable bonds is 6. The van der Waals surface area contributed by atoms with E-state index in [2.05, 4.69) is 20.1 Å².